The van der Waals surface area contributed by atoms with Crippen molar-refractivity contribution in [2.24, 2.45) is 0 Å². The van der Waals surface area contributed by atoms with Crippen molar-refractivity contribution in [2.75, 3.05) is 0 Å². The zero-order valence-corrected chi connectivity index (χ0v) is 12.8. The lowest BCUT2D eigenvalue weighted by Gasteiger charge is -2.09. The van der Waals surface area contributed by atoms with Crippen molar-refractivity contribution in [1.29, 1.82) is 0 Å². The van der Waals surface area contributed by atoms with Crippen LogP contribution >= 0.6 is 11.6 Å². The summed E-state index contributed by atoms with van der Waals surface area (Å²) in [5.41, 5.74) is 4.47. The Morgan fingerprint density at radius 1 is 1.00 bits per heavy atom. The van der Waals surface area contributed by atoms with E-state index in [0.717, 1.165) is 22.3 Å². The zero-order valence-electron chi connectivity index (χ0n) is 12.1. The van der Waals surface area contributed by atoms with E-state index in [4.69, 9.17) is 11.6 Å². The Morgan fingerprint density at radius 2 is 1.77 bits per heavy atom. The Hall–Kier alpha value is -2.23. The molecule has 2 aromatic heterocycles. The number of aliphatic hydroxyl groups excluding tert-OH is 1. The van der Waals surface area contributed by atoms with Gasteiger partial charge >= 0.3 is 0 Å². The maximum atomic E-state index is 9.67. The number of halogens is 1. The fourth-order valence-electron chi connectivity index (χ4n) is 2.30. The summed E-state index contributed by atoms with van der Waals surface area (Å²) in [6.07, 6.45) is 4.68. The third-order valence-corrected chi connectivity index (χ3v) is 3.80. The van der Waals surface area contributed by atoms with E-state index in [1.54, 1.807) is 25.5 Å². The molecule has 0 spiro atoms. The van der Waals surface area contributed by atoms with Crippen molar-refractivity contribution in [3.63, 3.8) is 0 Å². The van der Waals surface area contributed by atoms with Crippen LogP contribution in [0.15, 0.2) is 61.1 Å². The summed E-state index contributed by atoms with van der Waals surface area (Å²) >= 11 is 6.25. The van der Waals surface area contributed by atoms with Gasteiger partial charge in [-0.15, -0.1) is 0 Å². The molecular formula is C18H15ClN2O. The average Bonchev–Trinajstić information content (AvgIpc) is 2.55. The van der Waals surface area contributed by atoms with Crippen LogP contribution in [0.4, 0.5) is 0 Å². The zero-order chi connectivity index (χ0) is 15.5. The molecule has 1 unspecified atom stereocenters. The van der Waals surface area contributed by atoms with Crippen LogP contribution < -0.4 is 0 Å². The summed E-state index contributed by atoms with van der Waals surface area (Å²) in [4.78, 5) is 8.48. The number of aromatic nitrogens is 2. The molecule has 0 saturated carbocycles. The van der Waals surface area contributed by atoms with Crippen molar-refractivity contribution in [2.45, 2.75) is 13.0 Å². The Kier molecular flexibility index (Phi) is 4.18. The molecule has 3 nitrogen and oxygen atoms in total. The smallest absolute Gasteiger partial charge is 0.0931 e. The van der Waals surface area contributed by atoms with Crippen LogP contribution in [0.1, 0.15) is 18.7 Å². The first kappa shape index (κ1) is 14.7. The van der Waals surface area contributed by atoms with Crippen LogP contribution in [-0.2, 0) is 0 Å². The Bertz CT molecular complexity index is 802. The van der Waals surface area contributed by atoms with E-state index in [1.807, 2.05) is 42.5 Å². The van der Waals surface area contributed by atoms with E-state index in [1.165, 1.54) is 0 Å². The monoisotopic (exact) mass is 310 g/mol. The van der Waals surface area contributed by atoms with E-state index in [0.29, 0.717) is 10.7 Å². The quantitative estimate of drug-likeness (QED) is 0.773. The summed E-state index contributed by atoms with van der Waals surface area (Å²) in [7, 11) is 0. The lowest BCUT2D eigenvalue weighted by Crippen LogP contribution is -1.95. The molecule has 2 heterocycles. The third kappa shape index (κ3) is 3.01. The van der Waals surface area contributed by atoms with Gasteiger partial charge in [-0.25, -0.2) is 0 Å². The van der Waals surface area contributed by atoms with E-state index >= 15 is 0 Å². The van der Waals surface area contributed by atoms with Gasteiger partial charge in [0.1, 0.15) is 0 Å². The summed E-state index contributed by atoms with van der Waals surface area (Å²) < 4.78 is 0. The van der Waals surface area contributed by atoms with Crippen LogP contribution in [0.3, 0.4) is 0 Å². The predicted octanol–water partition coefficient (Wildman–Crippen LogP) is 4.52. The first-order valence-electron chi connectivity index (χ1n) is 6.99. The molecule has 4 heteroatoms. The molecule has 0 aliphatic rings. The number of pyridine rings is 2. The first-order valence-corrected chi connectivity index (χ1v) is 7.37. The summed E-state index contributed by atoms with van der Waals surface area (Å²) in [5, 5.41) is 10.4. The molecule has 3 aromatic rings. The average molecular weight is 311 g/mol. The van der Waals surface area contributed by atoms with Crippen LogP contribution in [0.2, 0.25) is 5.02 Å². The molecule has 22 heavy (non-hydrogen) atoms. The Morgan fingerprint density at radius 3 is 2.55 bits per heavy atom. The molecule has 0 bridgehead atoms. The minimum absolute atomic E-state index is 0.598. The van der Waals surface area contributed by atoms with Gasteiger partial charge in [-0.1, -0.05) is 29.8 Å². The van der Waals surface area contributed by atoms with Gasteiger partial charge in [0.25, 0.3) is 0 Å². The molecule has 0 saturated heterocycles. The SMILES string of the molecule is CC(O)c1cc(-c2cncc(-c3ccccc3Cl)c2)ccn1. The van der Waals surface area contributed by atoms with Gasteiger partial charge in [-0.2, -0.15) is 0 Å². The van der Waals surface area contributed by atoms with Gasteiger partial charge in [-0.3, -0.25) is 9.97 Å². The van der Waals surface area contributed by atoms with E-state index in [2.05, 4.69) is 9.97 Å². The van der Waals surface area contributed by atoms with Crippen LogP contribution in [0.5, 0.6) is 0 Å². The standard InChI is InChI=1S/C18H15ClN2O/c1-12(22)18-9-13(6-7-21-18)14-8-15(11-20-10-14)16-4-2-3-5-17(16)19/h2-12,22H,1H3. The molecular weight excluding hydrogens is 296 g/mol. The van der Waals surface area contributed by atoms with E-state index < -0.39 is 6.10 Å². The minimum Gasteiger partial charge on any atom is -0.387 e. The lowest BCUT2D eigenvalue weighted by atomic mass is 10.0. The fourth-order valence-corrected chi connectivity index (χ4v) is 2.54. The second kappa shape index (κ2) is 6.26. The molecule has 0 aliphatic heterocycles. The molecule has 0 aliphatic carbocycles. The third-order valence-electron chi connectivity index (χ3n) is 3.47. The highest BCUT2D eigenvalue weighted by Gasteiger charge is 2.08. The molecule has 3 rings (SSSR count). The molecule has 0 radical (unpaired) electrons. The summed E-state index contributed by atoms with van der Waals surface area (Å²) in [6, 6.07) is 13.5. The minimum atomic E-state index is -0.598. The number of aliphatic hydroxyl groups is 1. The lowest BCUT2D eigenvalue weighted by molar-refractivity contribution is 0.194. The van der Waals surface area contributed by atoms with Gasteiger partial charge < -0.3 is 5.11 Å². The van der Waals surface area contributed by atoms with Gasteiger partial charge in [0, 0.05) is 40.3 Å². The van der Waals surface area contributed by atoms with Crippen molar-refractivity contribution in [1.82, 2.24) is 9.97 Å². The fraction of sp³-hybridized carbons (Fsp3) is 0.111. The van der Waals surface area contributed by atoms with Crippen molar-refractivity contribution in [3.8, 4) is 22.3 Å². The predicted molar refractivity (Wildman–Crippen MR) is 88.5 cm³/mol. The Labute approximate surface area is 134 Å². The number of nitrogens with zero attached hydrogens (tertiary/aromatic N) is 2. The maximum absolute atomic E-state index is 9.67. The van der Waals surface area contributed by atoms with Gasteiger partial charge in [0.05, 0.1) is 11.8 Å². The molecule has 1 aromatic carbocycles. The highest BCUT2D eigenvalue weighted by Crippen LogP contribution is 2.30. The van der Waals surface area contributed by atoms with Crippen LogP contribution in [0, 0.1) is 0 Å². The molecule has 110 valence electrons. The second-order valence-electron chi connectivity index (χ2n) is 5.09. The van der Waals surface area contributed by atoms with Crippen LogP contribution in [0.25, 0.3) is 22.3 Å². The van der Waals surface area contributed by atoms with E-state index in [9.17, 15) is 5.11 Å². The second-order valence-corrected chi connectivity index (χ2v) is 5.49. The van der Waals surface area contributed by atoms with Gasteiger partial charge in [0.15, 0.2) is 0 Å². The van der Waals surface area contributed by atoms with Crippen LogP contribution in [-0.4, -0.2) is 15.1 Å². The molecule has 1 atom stereocenters. The highest BCUT2D eigenvalue weighted by molar-refractivity contribution is 6.33. The summed E-state index contributed by atoms with van der Waals surface area (Å²) in [5.74, 6) is 0. The van der Waals surface area contributed by atoms with Crippen molar-refractivity contribution in [3.05, 3.63) is 71.8 Å². The number of benzene rings is 1. The topological polar surface area (TPSA) is 46.0 Å². The first-order chi connectivity index (χ1) is 10.6. The van der Waals surface area contributed by atoms with E-state index in [-0.39, 0.29) is 0 Å². The highest BCUT2D eigenvalue weighted by atomic mass is 35.5. The molecule has 0 fully saturated rings. The Balaban J connectivity index is 2.05. The normalized spacial score (nSPS) is 12.1. The maximum Gasteiger partial charge on any atom is 0.0931 e. The van der Waals surface area contributed by atoms with Gasteiger partial charge in [0.2, 0.25) is 0 Å². The van der Waals surface area contributed by atoms with Gasteiger partial charge in [-0.05, 0) is 36.8 Å². The number of rotatable bonds is 3. The molecule has 0 amide bonds. The molecule has 1 N–H and O–H groups in total. The summed E-state index contributed by atoms with van der Waals surface area (Å²) in [6.45, 7) is 1.70. The van der Waals surface area contributed by atoms with Crippen molar-refractivity contribution >= 4 is 11.6 Å². The number of hydrogen-bond acceptors (Lipinski definition) is 3. The number of hydrogen-bond donors (Lipinski definition) is 1. The largest absolute Gasteiger partial charge is 0.387 e. The van der Waals surface area contributed by atoms with Crippen molar-refractivity contribution < 1.29 is 5.11 Å².